The predicted molar refractivity (Wildman–Crippen MR) is 63.1 cm³/mol. The van der Waals surface area contributed by atoms with Gasteiger partial charge in [-0.25, -0.2) is 0 Å². The average Bonchev–Trinajstić information content (AvgIpc) is 2.88. The highest BCUT2D eigenvalue weighted by molar-refractivity contribution is 7.98. The van der Waals surface area contributed by atoms with E-state index in [0.29, 0.717) is 0 Å². The molecule has 1 saturated carbocycles. The van der Waals surface area contributed by atoms with Crippen molar-refractivity contribution in [3.63, 3.8) is 0 Å². The Bertz CT molecular complexity index is 347. The SMILES string of the molecule is CSc1ccc(Cl)c(CC2(N)CC2)c1. The third-order valence-electron chi connectivity index (χ3n) is 2.69. The summed E-state index contributed by atoms with van der Waals surface area (Å²) in [6.45, 7) is 0. The Morgan fingerprint density at radius 3 is 2.79 bits per heavy atom. The van der Waals surface area contributed by atoms with E-state index in [0.717, 1.165) is 24.3 Å². The molecule has 2 rings (SSSR count). The Morgan fingerprint density at radius 2 is 2.21 bits per heavy atom. The Balaban J connectivity index is 2.22. The van der Waals surface area contributed by atoms with Gasteiger partial charge in [-0.1, -0.05) is 11.6 Å². The third kappa shape index (κ3) is 2.25. The second-order valence-corrected chi connectivity index (χ2v) is 5.28. The molecule has 0 atom stereocenters. The first-order valence-corrected chi connectivity index (χ1v) is 6.34. The number of thioether (sulfide) groups is 1. The van der Waals surface area contributed by atoms with E-state index in [1.165, 1.54) is 10.5 Å². The highest BCUT2D eigenvalue weighted by Gasteiger charge is 2.38. The molecule has 0 radical (unpaired) electrons. The van der Waals surface area contributed by atoms with Crippen LogP contribution in [0.4, 0.5) is 0 Å². The predicted octanol–water partition coefficient (Wildman–Crippen LogP) is 3.10. The van der Waals surface area contributed by atoms with Crippen LogP contribution in [0.5, 0.6) is 0 Å². The van der Waals surface area contributed by atoms with Crippen molar-refractivity contribution in [1.29, 1.82) is 0 Å². The van der Waals surface area contributed by atoms with Gasteiger partial charge in [0, 0.05) is 15.5 Å². The van der Waals surface area contributed by atoms with Gasteiger partial charge in [0.2, 0.25) is 0 Å². The van der Waals surface area contributed by atoms with Gasteiger partial charge in [-0.15, -0.1) is 11.8 Å². The number of hydrogen-bond acceptors (Lipinski definition) is 2. The fraction of sp³-hybridized carbons (Fsp3) is 0.455. The molecule has 0 saturated heterocycles. The lowest BCUT2D eigenvalue weighted by Gasteiger charge is -2.11. The molecule has 0 aromatic heterocycles. The van der Waals surface area contributed by atoms with Gasteiger partial charge in [0.15, 0.2) is 0 Å². The van der Waals surface area contributed by atoms with Crippen molar-refractivity contribution in [3.05, 3.63) is 28.8 Å². The van der Waals surface area contributed by atoms with Gasteiger partial charge in [-0.3, -0.25) is 0 Å². The van der Waals surface area contributed by atoms with Gasteiger partial charge < -0.3 is 5.73 Å². The molecule has 1 aliphatic carbocycles. The van der Waals surface area contributed by atoms with E-state index < -0.39 is 0 Å². The quantitative estimate of drug-likeness (QED) is 0.804. The number of hydrogen-bond donors (Lipinski definition) is 1. The van der Waals surface area contributed by atoms with Crippen LogP contribution in [-0.4, -0.2) is 11.8 Å². The molecule has 1 aromatic rings. The zero-order valence-corrected chi connectivity index (χ0v) is 9.79. The summed E-state index contributed by atoms with van der Waals surface area (Å²) >= 11 is 7.86. The molecule has 0 unspecified atom stereocenters. The van der Waals surface area contributed by atoms with E-state index in [1.54, 1.807) is 11.8 Å². The monoisotopic (exact) mass is 227 g/mol. The number of rotatable bonds is 3. The molecule has 2 N–H and O–H groups in total. The largest absolute Gasteiger partial charge is 0.325 e. The van der Waals surface area contributed by atoms with E-state index in [1.807, 2.05) is 12.1 Å². The summed E-state index contributed by atoms with van der Waals surface area (Å²) in [7, 11) is 0. The molecule has 0 bridgehead atoms. The first-order valence-electron chi connectivity index (χ1n) is 4.74. The Labute approximate surface area is 94.0 Å². The summed E-state index contributed by atoms with van der Waals surface area (Å²) in [6.07, 6.45) is 5.25. The Hall–Kier alpha value is -0.180. The maximum Gasteiger partial charge on any atom is 0.0439 e. The van der Waals surface area contributed by atoms with Gasteiger partial charge in [0.25, 0.3) is 0 Å². The fourth-order valence-electron chi connectivity index (χ4n) is 1.53. The van der Waals surface area contributed by atoms with Crippen molar-refractivity contribution in [2.24, 2.45) is 5.73 Å². The topological polar surface area (TPSA) is 26.0 Å². The van der Waals surface area contributed by atoms with Crippen LogP contribution in [0.3, 0.4) is 0 Å². The van der Waals surface area contributed by atoms with Crippen molar-refractivity contribution in [2.45, 2.75) is 29.7 Å². The summed E-state index contributed by atoms with van der Waals surface area (Å²) in [5.74, 6) is 0. The van der Waals surface area contributed by atoms with E-state index >= 15 is 0 Å². The molecule has 1 nitrogen and oxygen atoms in total. The van der Waals surface area contributed by atoms with Gasteiger partial charge in [0.05, 0.1) is 0 Å². The van der Waals surface area contributed by atoms with Gasteiger partial charge >= 0.3 is 0 Å². The second-order valence-electron chi connectivity index (χ2n) is 4.00. The maximum absolute atomic E-state index is 6.12. The van der Waals surface area contributed by atoms with Crippen LogP contribution in [0.15, 0.2) is 23.1 Å². The summed E-state index contributed by atoms with van der Waals surface area (Å²) in [5.41, 5.74) is 7.31. The average molecular weight is 228 g/mol. The summed E-state index contributed by atoms with van der Waals surface area (Å²) in [4.78, 5) is 1.26. The molecular formula is C11H14ClNS. The van der Waals surface area contributed by atoms with Crippen molar-refractivity contribution in [2.75, 3.05) is 6.26 Å². The lowest BCUT2D eigenvalue weighted by molar-refractivity contribution is 0.671. The van der Waals surface area contributed by atoms with Crippen molar-refractivity contribution < 1.29 is 0 Å². The summed E-state index contributed by atoms with van der Waals surface area (Å²) in [6, 6.07) is 6.17. The van der Waals surface area contributed by atoms with Crippen molar-refractivity contribution in [3.8, 4) is 0 Å². The highest BCUT2D eigenvalue weighted by atomic mass is 35.5. The second kappa shape index (κ2) is 3.76. The first-order chi connectivity index (χ1) is 6.63. The van der Waals surface area contributed by atoms with Gasteiger partial charge in [-0.2, -0.15) is 0 Å². The minimum atomic E-state index is 0.0423. The Morgan fingerprint density at radius 1 is 1.50 bits per heavy atom. The number of benzene rings is 1. The van der Waals surface area contributed by atoms with Gasteiger partial charge in [0.1, 0.15) is 0 Å². The van der Waals surface area contributed by atoms with E-state index in [4.69, 9.17) is 17.3 Å². The van der Waals surface area contributed by atoms with E-state index in [-0.39, 0.29) is 5.54 Å². The Kier molecular flexibility index (Phi) is 2.78. The minimum Gasteiger partial charge on any atom is -0.325 e. The van der Waals surface area contributed by atoms with Crippen LogP contribution >= 0.6 is 23.4 Å². The lowest BCUT2D eigenvalue weighted by atomic mass is 10.1. The molecule has 0 heterocycles. The van der Waals surface area contributed by atoms with Crippen molar-refractivity contribution in [1.82, 2.24) is 0 Å². The zero-order chi connectivity index (χ0) is 10.2. The maximum atomic E-state index is 6.12. The summed E-state index contributed by atoms with van der Waals surface area (Å²) < 4.78 is 0. The number of halogens is 1. The summed E-state index contributed by atoms with van der Waals surface area (Å²) in [5, 5.41) is 0.847. The molecule has 1 fully saturated rings. The smallest absolute Gasteiger partial charge is 0.0439 e. The molecule has 0 amide bonds. The van der Waals surface area contributed by atoms with Crippen molar-refractivity contribution >= 4 is 23.4 Å². The molecule has 3 heteroatoms. The molecule has 76 valence electrons. The van der Waals surface area contributed by atoms with Crippen LogP contribution in [0.2, 0.25) is 5.02 Å². The third-order valence-corrected chi connectivity index (χ3v) is 3.78. The van der Waals surface area contributed by atoms with Crippen LogP contribution in [0, 0.1) is 0 Å². The minimum absolute atomic E-state index is 0.0423. The molecule has 14 heavy (non-hydrogen) atoms. The lowest BCUT2D eigenvalue weighted by Crippen LogP contribution is -2.24. The van der Waals surface area contributed by atoms with Gasteiger partial charge in [-0.05, 0) is 49.3 Å². The first kappa shape index (κ1) is 10.3. The molecule has 0 spiro atoms. The molecule has 0 aliphatic heterocycles. The van der Waals surface area contributed by atoms with Crippen LogP contribution < -0.4 is 5.73 Å². The van der Waals surface area contributed by atoms with Crippen LogP contribution in [0.1, 0.15) is 18.4 Å². The van der Waals surface area contributed by atoms with E-state index in [9.17, 15) is 0 Å². The number of nitrogens with two attached hydrogens (primary N) is 1. The fourth-order valence-corrected chi connectivity index (χ4v) is 2.18. The highest BCUT2D eigenvalue weighted by Crippen LogP contribution is 2.37. The van der Waals surface area contributed by atoms with E-state index in [2.05, 4.69) is 12.3 Å². The molecule has 1 aliphatic rings. The zero-order valence-electron chi connectivity index (χ0n) is 8.22. The molecular weight excluding hydrogens is 214 g/mol. The van der Waals surface area contributed by atoms with Crippen LogP contribution in [-0.2, 0) is 6.42 Å². The normalized spacial score (nSPS) is 18.2. The molecule has 1 aromatic carbocycles. The standard InChI is InChI=1S/C11H14ClNS/c1-14-9-2-3-10(12)8(6-9)7-11(13)4-5-11/h2-3,6H,4-5,7,13H2,1H3. The van der Waals surface area contributed by atoms with Crippen LogP contribution in [0.25, 0.3) is 0 Å².